The average molecular weight is 326 g/mol. The van der Waals surface area contributed by atoms with E-state index in [2.05, 4.69) is 21.1 Å². The van der Waals surface area contributed by atoms with Gasteiger partial charge >= 0.3 is 0 Å². The van der Waals surface area contributed by atoms with Crippen LogP contribution in [0.2, 0.25) is 0 Å². The number of unbranched alkanes of at least 4 members (excludes halogenated alkanes) is 1. The Kier molecular flexibility index (Phi) is 6.75. The first kappa shape index (κ1) is 15.2. The van der Waals surface area contributed by atoms with Crippen LogP contribution in [0.4, 0.5) is 0 Å². The molecular weight excluding hydrogens is 303 g/mol. The van der Waals surface area contributed by atoms with Gasteiger partial charge in [0.15, 0.2) is 0 Å². The summed E-state index contributed by atoms with van der Waals surface area (Å²) in [7, 11) is 6.63. The Morgan fingerprint density at radius 2 is 1.93 bits per heavy atom. The lowest BCUT2D eigenvalue weighted by atomic mass is 10.2. The van der Waals surface area contributed by atoms with Crippen molar-refractivity contribution >= 4 is 5.91 Å². The molecule has 0 saturated carbocycles. The highest BCUT2D eigenvalue weighted by molar-refractivity contribution is 5.77. The second-order valence-corrected chi connectivity index (χ2v) is 5.21. The number of hydrogen-bond donors (Lipinski definition) is 0. The molecule has 1 aliphatic rings. The fourth-order valence-corrected chi connectivity index (χ4v) is 1.83. The molecule has 1 amide bonds. The van der Waals surface area contributed by atoms with Crippen molar-refractivity contribution in [1.29, 1.82) is 0 Å². The van der Waals surface area contributed by atoms with Crippen LogP contribution < -0.4 is 24.0 Å². The number of likely N-dealkylation sites (tertiary alicyclic amines) is 1. The minimum Gasteiger partial charge on any atom is -1.00 e. The van der Waals surface area contributed by atoms with Crippen LogP contribution in [0.5, 0.6) is 0 Å². The van der Waals surface area contributed by atoms with Crippen LogP contribution in [0.15, 0.2) is 0 Å². The summed E-state index contributed by atoms with van der Waals surface area (Å²) in [5.74, 6) is 0.357. The Bertz CT molecular complexity index is 201. The first-order valence-electron chi connectivity index (χ1n) is 5.57. The van der Waals surface area contributed by atoms with Crippen LogP contribution >= 0.6 is 0 Å². The van der Waals surface area contributed by atoms with Gasteiger partial charge in [-0.25, -0.2) is 0 Å². The third kappa shape index (κ3) is 6.35. The molecule has 0 aromatic heterocycles. The Balaban J connectivity index is 0.00000196. The van der Waals surface area contributed by atoms with E-state index in [0.717, 1.165) is 36.8 Å². The van der Waals surface area contributed by atoms with Gasteiger partial charge in [0.25, 0.3) is 0 Å². The van der Waals surface area contributed by atoms with Crippen molar-refractivity contribution in [1.82, 2.24) is 4.90 Å². The van der Waals surface area contributed by atoms with Crippen molar-refractivity contribution in [2.24, 2.45) is 0 Å². The number of nitrogens with zero attached hydrogens (tertiary/aromatic N) is 2. The highest BCUT2D eigenvalue weighted by Crippen LogP contribution is 2.10. The molecule has 0 atom stereocenters. The second kappa shape index (κ2) is 6.68. The average Bonchev–Trinajstić information content (AvgIpc) is 2.44. The smallest absolute Gasteiger partial charge is 0.222 e. The van der Waals surface area contributed by atoms with E-state index in [4.69, 9.17) is 0 Å². The molecule has 1 rings (SSSR count). The molecule has 15 heavy (non-hydrogen) atoms. The minimum absolute atomic E-state index is 0. The lowest BCUT2D eigenvalue weighted by Crippen LogP contribution is -3.00. The zero-order chi connectivity index (χ0) is 10.6. The molecule has 0 spiro atoms. The molecule has 0 radical (unpaired) electrons. The molecule has 0 unspecified atom stereocenters. The first-order valence-corrected chi connectivity index (χ1v) is 5.57. The zero-order valence-electron chi connectivity index (χ0n) is 10.1. The van der Waals surface area contributed by atoms with Gasteiger partial charge in [0.05, 0.1) is 27.7 Å². The molecule has 0 N–H and O–H groups in total. The predicted molar refractivity (Wildman–Crippen MR) is 57.9 cm³/mol. The Morgan fingerprint density at radius 3 is 2.40 bits per heavy atom. The van der Waals surface area contributed by atoms with Gasteiger partial charge in [0.2, 0.25) is 5.91 Å². The van der Waals surface area contributed by atoms with Gasteiger partial charge in [-0.15, -0.1) is 0 Å². The number of halogens is 1. The van der Waals surface area contributed by atoms with E-state index in [-0.39, 0.29) is 24.0 Å². The first-order chi connectivity index (χ1) is 6.49. The number of rotatable bonds is 5. The van der Waals surface area contributed by atoms with Gasteiger partial charge < -0.3 is 33.4 Å². The van der Waals surface area contributed by atoms with Gasteiger partial charge in [0.1, 0.15) is 0 Å². The van der Waals surface area contributed by atoms with Gasteiger partial charge in [-0.05, 0) is 19.3 Å². The van der Waals surface area contributed by atoms with Gasteiger partial charge in [-0.3, -0.25) is 4.79 Å². The Morgan fingerprint density at radius 1 is 1.27 bits per heavy atom. The topological polar surface area (TPSA) is 20.3 Å². The molecule has 3 nitrogen and oxygen atoms in total. The van der Waals surface area contributed by atoms with Crippen LogP contribution in [-0.4, -0.2) is 56.1 Å². The standard InChI is InChI=1S/C11H23N2O.HI/c1-13(2,3)10-5-4-8-12-9-6-7-11(12)14;/h4-10H2,1-3H3;1H/q+1;/p-1. The van der Waals surface area contributed by atoms with Crippen LogP contribution in [-0.2, 0) is 4.79 Å². The van der Waals surface area contributed by atoms with Crippen molar-refractivity contribution < 1.29 is 33.3 Å². The number of hydrogen-bond acceptors (Lipinski definition) is 1. The molecule has 90 valence electrons. The summed E-state index contributed by atoms with van der Waals surface area (Å²) < 4.78 is 1.02. The zero-order valence-corrected chi connectivity index (χ0v) is 12.3. The molecule has 1 heterocycles. The molecule has 1 aliphatic heterocycles. The molecule has 4 heteroatoms. The predicted octanol–water partition coefficient (Wildman–Crippen LogP) is -1.90. The SMILES string of the molecule is C[N+](C)(C)CCCCN1CCCC1=O.[I-]. The largest absolute Gasteiger partial charge is 1.00 e. The monoisotopic (exact) mass is 326 g/mol. The molecule has 0 aromatic carbocycles. The summed E-state index contributed by atoms with van der Waals surface area (Å²) in [5, 5.41) is 0. The Labute approximate surface area is 110 Å². The van der Waals surface area contributed by atoms with Crippen LogP contribution in [0.25, 0.3) is 0 Å². The van der Waals surface area contributed by atoms with E-state index >= 15 is 0 Å². The van der Waals surface area contributed by atoms with Crippen molar-refractivity contribution in [2.45, 2.75) is 25.7 Å². The van der Waals surface area contributed by atoms with Crippen molar-refractivity contribution in [3.05, 3.63) is 0 Å². The summed E-state index contributed by atoms with van der Waals surface area (Å²) in [4.78, 5) is 13.3. The van der Waals surface area contributed by atoms with Gasteiger partial charge in [-0.2, -0.15) is 0 Å². The van der Waals surface area contributed by atoms with Crippen LogP contribution in [0.3, 0.4) is 0 Å². The third-order valence-corrected chi connectivity index (χ3v) is 2.68. The second-order valence-electron chi connectivity index (χ2n) is 5.21. The number of quaternary nitrogens is 1. The van der Waals surface area contributed by atoms with Crippen molar-refractivity contribution in [3.8, 4) is 0 Å². The third-order valence-electron chi connectivity index (χ3n) is 2.68. The molecule has 0 bridgehead atoms. The number of amides is 1. The van der Waals surface area contributed by atoms with Crippen molar-refractivity contribution in [3.63, 3.8) is 0 Å². The number of carbonyl (C=O) groups is 1. The summed E-state index contributed by atoms with van der Waals surface area (Å²) >= 11 is 0. The van der Waals surface area contributed by atoms with E-state index < -0.39 is 0 Å². The van der Waals surface area contributed by atoms with Crippen LogP contribution in [0.1, 0.15) is 25.7 Å². The van der Waals surface area contributed by atoms with E-state index in [1.165, 1.54) is 13.0 Å². The van der Waals surface area contributed by atoms with Crippen LogP contribution in [0, 0.1) is 0 Å². The molecule has 0 aliphatic carbocycles. The van der Waals surface area contributed by atoms with Crippen molar-refractivity contribution in [2.75, 3.05) is 40.8 Å². The molecule has 1 saturated heterocycles. The molecule has 0 aromatic rings. The summed E-state index contributed by atoms with van der Waals surface area (Å²) in [5.41, 5.74) is 0. The molecular formula is C11H23IN2O. The normalized spacial score (nSPS) is 16.7. The summed E-state index contributed by atoms with van der Waals surface area (Å²) in [6.45, 7) is 3.16. The van der Waals surface area contributed by atoms with E-state index in [9.17, 15) is 4.79 Å². The van der Waals surface area contributed by atoms with E-state index in [0.29, 0.717) is 5.91 Å². The lowest BCUT2D eigenvalue weighted by Gasteiger charge is -2.24. The van der Waals surface area contributed by atoms with E-state index in [1.807, 2.05) is 4.90 Å². The highest BCUT2D eigenvalue weighted by atomic mass is 127. The molecule has 1 fully saturated rings. The fourth-order valence-electron chi connectivity index (χ4n) is 1.83. The minimum atomic E-state index is 0. The summed E-state index contributed by atoms with van der Waals surface area (Å²) in [6, 6.07) is 0. The lowest BCUT2D eigenvalue weighted by molar-refractivity contribution is -0.870. The highest BCUT2D eigenvalue weighted by Gasteiger charge is 2.19. The number of carbonyl (C=O) groups excluding carboxylic acids is 1. The van der Waals surface area contributed by atoms with E-state index in [1.54, 1.807) is 0 Å². The maximum absolute atomic E-state index is 11.3. The Hall–Kier alpha value is 0.160. The fraction of sp³-hybridized carbons (Fsp3) is 0.909. The quantitative estimate of drug-likeness (QED) is 0.328. The maximum Gasteiger partial charge on any atom is 0.222 e. The maximum atomic E-state index is 11.3. The van der Waals surface area contributed by atoms with Gasteiger partial charge in [-0.1, -0.05) is 0 Å². The van der Waals surface area contributed by atoms with Gasteiger partial charge in [0, 0.05) is 19.5 Å². The summed E-state index contributed by atoms with van der Waals surface area (Å²) in [6.07, 6.45) is 4.21.